The van der Waals surface area contributed by atoms with Crippen molar-refractivity contribution >= 4 is 7.60 Å². The third kappa shape index (κ3) is 4.63. The van der Waals surface area contributed by atoms with E-state index in [4.69, 9.17) is 9.05 Å². The van der Waals surface area contributed by atoms with Crippen LogP contribution in [0.2, 0.25) is 0 Å². The fourth-order valence-corrected chi connectivity index (χ4v) is 3.58. The van der Waals surface area contributed by atoms with Gasteiger partial charge in [0.05, 0.1) is 19.4 Å². The van der Waals surface area contributed by atoms with Crippen LogP contribution in [0.4, 0.5) is 0 Å². The van der Waals surface area contributed by atoms with Gasteiger partial charge in [-0.25, -0.2) is 0 Å². The van der Waals surface area contributed by atoms with Crippen molar-refractivity contribution in [2.24, 2.45) is 0 Å². The lowest BCUT2D eigenvalue weighted by molar-refractivity contribution is 0.219. The molecule has 0 saturated carbocycles. The summed E-state index contributed by atoms with van der Waals surface area (Å²) in [5.74, 6) is 0. The van der Waals surface area contributed by atoms with Crippen molar-refractivity contribution in [2.45, 2.75) is 33.9 Å². The molecule has 4 heteroatoms. The van der Waals surface area contributed by atoms with Gasteiger partial charge in [0.25, 0.3) is 0 Å². The smallest absolute Gasteiger partial charge is 0.309 e. The Labute approximate surface area is 104 Å². The van der Waals surface area contributed by atoms with Crippen LogP contribution in [0.5, 0.6) is 0 Å². The molecule has 0 fully saturated rings. The van der Waals surface area contributed by atoms with E-state index in [0.717, 1.165) is 5.56 Å². The minimum atomic E-state index is -2.98. The molecule has 1 aromatic carbocycles. The first-order valence-corrected chi connectivity index (χ1v) is 7.67. The number of aryl methyl sites for hydroxylation is 2. The summed E-state index contributed by atoms with van der Waals surface area (Å²) in [5.41, 5.74) is 3.34. The molecule has 0 atom stereocenters. The van der Waals surface area contributed by atoms with Gasteiger partial charge >= 0.3 is 7.60 Å². The van der Waals surface area contributed by atoms with Crippen molar-refractivity contribution in [3.63, 3.8) is 0 Å². The zero-order valence-electron chi connectivity index (χ0n) is 11.0. The van der Waals surface area contributed by atoms with E-state index in [1.165, 1.54) is 11.1 Å². The van der Waals surface area contributed by atoms with Crippen LogP contribution in [-0.4, -0.2) is 13.2 Å². The average molecular weight is 256 g/mol. The van der Waals surface area contributed by atoms with Gasteiger partial charge in [0, 0.05) is 0 Å². The lowest BCUT2D eigenvalue weighted by Crippen LogP contribution is -1.99. The van der Waals surface area contributed by atoms with Crippen molar-refractivity contribution in [2.75, 3.05) is 13.2 Å². The molecule has 0 saturated heterocycles. The summed E-state index contributed by atoms with van der Waals surface area (Å²) in [4.78, 5) is 0. The Bertz CT molecular complexity index is 385. The van der Waals surface area contributed by atoms with Gasteiger partial charge in [0.1, 0.15) is 0 Å². The molecule has 1 aromatic rings. The van der Waals surface area contributed by atoms with E-state index in [0.29, 0.717) is 19.4 Å². The first kappa shape index (κ1) is 14.4. The number of hydrogen-bond donors (Lipinski definition) is 0. The SMILES string of the molecule is CCOP(=O)(Cc1cc(C)cc(C)c1)OCC. The van der Waals surface area contributed by atoms with Gasteiger partial charge in [-0.1, -0.05) is 29.3 Å². The van der Waals surface area contributed by atoms with E-state index in [1.54, 1.807) is 0 Å². The molecule has 0 heterocycles. The Morgan fingerprint density at radius 2 is 1.47 bits per heavy atom. The standard InChI is InChI=1S/C13H21O3P/c1-5-15-17(14,16-6-2)10-13-8-11(3)7-12(4)9-13/h7-9H,5-6,10H2,1-4H3. The molecule has 0 unspecified atom stereocenters. The lowest BCUT2D eigenvalue weighted by Gasteiger charge is -2.17. The molecule has 96 valence electrons. The molecule has 0 spiro atoms. The minimum absolute atomic E-state index is 0.344. The summed E-state index contributed by atoms with van der Waals surface area (Å²) in [6.07, 6.45) is 0.344. The summed E-state index contributed by atoms with van der Waals surface area (Å²) in [5, 5.41) is 0. The maximum absolute atomic E-state index is 12.4. The average Bonchev–Trinajstić information content (AvgIpc) is 2.15. The van der Waals surface area contributed by atoms with E-state index in [2.05, 4.69) is 6.07 Å². The Kier molecular flexibility index (Phi) is 5.38. The maximum Gasteiger partial charge on any atom is 0.335 e. The van der Waals surface area contributed by atoms with Crippen LogP contribution in [0.15, 0.2) is 18.2 Å². The molecular weight excluding hydrogens is 235 g/mol. The molecule has 0 aliphatic heterocycles. The quantitative estimate of drug-likeness (QED) is 0.720. The minimum Gasteiger partial charge on any atom is -0.309 e. The third-order valence-electron chi connectivity index (χ3n) is 2.31. The first-order valence-electron chi connectivity index (χ1n) is 5.94. The highest BCUT2D eigenvalue weighted by atomic mass is 31.2. The third-order valence-corrected chi connectivity index (χ3v) is 4.36. The van der Waals surface area contributed by atoms with Gasteiger partial charge in [0.2, 0.25) is 0 Å². The van der Waals surface area contributed by atoms with E-state index in [9.17, 15) is 4.57 Å². The molecule has 0 aromatic heterocycles. The molecule has 1 rings (SSSR count). The van der Waals surface area contributed by atoms with Gasteiger partial charge in [0.15, 0.2) is 0 Å². The topological polar surface area (TPSA) is 35.5 Å². The molecule has 3 nitrogen and oxygen atoms in total. The highest BCUT2D eigenvalue weighted by molar-refractivity contribution is 7.53. The van der Waals surface area contributed by atoms with Crippen molar-refractivity contribution in [3.05, 3.63) is 34.9 Å². The van der Waals surface area contributed by atoms with E-state index < -0.39 is 7.60 Å². The molecule has 0 bridgehead atoms. The Hall–Kier alpha value is -0.630. The summed E-state index contributed by atoms with van der Waals surface area (Å²) in [7, 11) is -2.98. The summed E-state index contributed by atoms with van der Waals surface area (Å²) >= 11 is 0. The van der Waals surface area contributed by atoms with E-state index >= 15 is 0 Å². The van der Waals surface area contributed by atoms with Gasteiger partial charge < -0.3 is 9.05 Å². The zero-order valence-corrected chi connectivity index (χ0v) is 11.9. The fourth-order valence-electron chi connectivity index (χ4n) is 1.91. The van der Waals surface area contributed by atoms with E-state index in [-0.39, 0.29) is 0 Å². The maximum atomic E-state index is 12.4. The highest BCUT2D eigenvalue weighted by Gasteiger charge is 2.24. The molecule has 0 amide bonds. The second-order valence-electron chi connectivity index (χ2n) is 4.10. The monoisotopic (exact) mass is 256 g/mol. The van der Waals surface area contributed by atoms with Gasteiger partial charge in [-0.2, -0.15) is 0 Å². The van der Waals surface area contributed by atoms with Gasteiger partial charge in [-0.15, -0.1) is 0 Å². The van der Waals surface area contributed by atoms with Gasteiger partial charge in [-0.3, -0.25) is 4.57 Å². The van der Waals surface area contributed by atoms with Crippen LogP contribution in [-0.2, 0) is 19.8 Å². The predicted octanol–water partition coefficient (Wildman–Crippen LogP) is 4.07. The highest BCUT2D eigenvalue weighted by Crippen LogP contribution is 2.51. The fraction of sp³-hybridized carbons (Fsp3) is 0.538. The molecule has 0 radical (unpaired) electrons. The first-order chi connectivity index (χ1) is 7.99. The van der Waals surface area contributed by atoms with Gasteiger partial charge in [-0.05, 0) is 33.3 Å². The Morgan fingerprint density at radius 1 is 1.00 bits per heavy atom. The normalized spacial score (nSPS) is 11.8. The van der Waals surface area contributed by atoms with Crippen LogP contribution in [0.25, 0.3) is 0 Å². The largest absolute Gasteiger partial charge is 0.335 e. The molecule has 0 aliphatic carbocycles. The van der Waals surface area contributed by atoms with Crippen molar-refractivity contribution in [1.29, 1.82) is 0 Å². The number of rotatable bonds is 6. The summed E-state index contributed by atoms with van der Waals surface area (Å²) in [6, 6.07) is 6.14. The Morgan fingerprint density at radius 3 is 1.88 bits per heavy atom. The molecule has 0 N–H and O–H groups in total. The van der Waals surface area contributed by atoms with Crippen molar-refractivity contribution in [3.8, 4) is 0 Å². The van der Waals surface area contributed by atoms with Crippen LogP contribution in [0, 0.1) is 13.8 Å². The summed E-state index contributed by atoms with van der Waals surface area (Å²) < 4.78 is 22.9. The van der Waals surface area contributed by atoms with Crippen molar-refractivity contribution < 1.29 is 13.6 Å². The predicted molar refractivity (Wildman–Crippen MR) is 70.5 cm³/mol. The second kappa shape index (κ2) is 6.34. The van der Waals surface area contributed by atoms with Crippen LogP contribution in [0.1, 0.15) is 30.5 Å². The zero-order chi connectivity index (χ0) is 12.9. The number of benzene rings is 1. The molecule has 0 aliphatic rings. The summed E-state index contributed by atoms with van der Waals surface area (Å²) in [6.45, 7) is 8.52. The number of hydrogen-bond acceptors (Lipinski definition) is 3. The lowest BCUT2D eigenvalue weighted by atomic mass is 10.1. The Balaban J connectivity index is 2.89. The molecular formula is C13H21O3P. The van der Waals surface area contributed by atoms with Crippen LogP contribution < -0.4 is 0 Å². The molecule has 17 heavy (non-hydrogen) atoms. The second-order valence-corrected chi connectivity index (χ2v) is 6.15. The van der Waals surface area contributed by atoms with Crippen LogP contribution in [0.3, 0.4) is 0 Å². The van der Waals surface area contributed by atoms with Crippen LogP contribution >= 0.6 is 7.60 Å². The van der Waals surface area contributed by atoms with E-state index in [1.807, 2.05) is 39.8 Å². The van der Waals surface area contributed by atoms with Crippen molar-refractivity contribution in [1.82, 2.24) is 0 Å².